The highest BCUT2D eigenvalue weighted by atomic mass is 19.3. The van der Waals surface area contributed by atoms with Crippen molar-refractivity contribution in [1.82, 2.24) is 0 Å². The van der Waals surface area contributed by atoms with Crippen LogP contribution in [0, 0.1) is 5.82 Å². The number of rotatable bonds is 4. The van der Waals surface area contributed by atoms with Crippen molar-refractivity contribution in [3.8, 4) is 0 Å². The summed E-state index contributed by atoms with van der Waals surface area (Å²) in [6, 6.07) is 2.06. The maximum Gasteiger partial charge on any atom is 0.317 e. The van der Waals surface area contributed by atoms with E-state index < -0.39 is 47.2 Å². The molecule has 0 aliphatic rings. The van der Waals surface area contributed by atoms with Crippen molar-refractivity contribution in [3.63, 3.8) is 0 Å². The number of ether oxygens (including phenoxy) is 1. The molecule has 2 unspecified atom stereocenters. The van der Waals surface area contributed by atoms with Gasteiger partial charge in [-0.15, -0.1) is 0 Å². The van der Waals surface area contributed by atoms with Gasteiger partial charge in [-0.25, -0.2) is 17.6 Å². The molecule has 0 saturated carbocycles. The van der Waals surface area contributed by atoms with E-state index in [1.807, 2.05) is 0 Å². The maximum atomic E-state index is 14.1. The number of nitrogens with two attached hydrogens (primary N) is 2. The first-order chi connectivity index (χ1) is 9.95. The smallest absolute Gasteiger partial charge is 0.317 e. The van der Waals surface area contributed by atoms with Crippen LogP contribution in [0.2, 0.25) is 0 Å². The van der Waals surface area contributed by atoms with Crippen LogP contribution in [0.5, 0.6) is 0 Å². The second-order valence-electron chi connectivity index (χ2n) is 5.76. The van der Waals surface area contributed by atoms with E-state index >= 15 is 0 Å². The van der Waals surface area contributed by atoms with Crippen LogP contribution in [-0.2, 0) is 9.53 Å². The van der Waals surface area contributed by atoms with Gasteiger partial charge in [-0.1, -0.05) is 6.07 Å². The summed E-state index contributed by atoms with van der Waals surface area (Å²) in [5, 5.41) is 0. The van der Waals surface area contributed by atoms with E-state index in [-0.39, 0.29) is 5.69 Å². The highest BCUT2D eigenvalue weighted by Gasteiger charge is 2.41. The van der Waals surface area contributed by atoms with Gasteiger partial charge < -0.3 is 16.2 Å². The molecule has 2 atom stereocenters. The third kappa shape index (κ3) is 4.02. The molecule has 4 nitrogen and oxygen atoms in total. The van der Waals surface area contributed by atoms with Crippen molar-refractivity contribution in [2.24, 2.45) is 0 Å². The molecule has 0 aromatic heterocycles. The van der Waals surface area contributed by atoms with Crippen molar-refractivity contribution >= 4 is 17.3 Å². The highest BCUT2D eigenvalue weighted by Crippen LogP contribution is 2.34. The van der Waals surface area contributed by atoms with E-state index in [0.29, 0.717) is 0 Å². The molecular formula is C14H18F4N2O2. The first kappa shape index (κ1) is 18.1. The van der Waals surface area contributed by atoms with Crippen LogP contribution in [0.1, 0.15) is 32.3 Å². The summed E-state index contributed by atoms with van der Waals surface area (Å²) < 4.78 is 58.2. The summed E-state index contributed by atoms with van der Waals surface area (Å²) in [6.07, 6.45) is -6.43. The SMILES string of the molecule is CC(C)(C)OC(=O)C(c1ccc(N)c(N)c1F)C(F)C(F)F. The van der Waals surface area contributed by atoms with Gasteiger partial charge in [-0.2, -0.15) is 0 Å². The molecule has 0 aliphatic carbocycles. The summed E-state index contributed by atoms with van der Waals surface area (Å²) in [4.78, 5) is 12.0. The van der Waals surface area contributed by atoms with Gasteiger partial charge in [0.25, 0.3) is 6.43 Å². The summed E-state index contributed by atoms with van der Waals surface area (Å²) in [6.45, 7) is 4.43. The van der Waals surface area contributed by atoms with Crippen molar-refractivity contribution in [3.05, 3.63) is 23.5 Å². The molecule has 0 aliphatic heterocycles. The predicted molar refractivity (Wildman–Crippen MR) is 74.7 cm³/mol. The first-order valence-corrected chi connectivity index (χ1v) is 6.44. The Morgan fingerprint density at radius 2 is 1.73 bits per heavy atom. The third-order valence-corrected chi connectivity index (χ3v) is 2.80. The Balaban J connectivity index is 3.33. The van der Waals surface area contributed by atoms with E-state index in [9.17, 15) is 22.4 Å². The minimum absolute atomic E-state index is 0.142. The van der Waals surface area contributed by atoms with Crippen LogP contribution >= 0.6 is 0 Å². The van der Waals surface area contributed by atoms with Gasteiger partial charge in [0, 0.05) is 5.56 Å². The van der Waals surface area contributed by atoms with E-state index in [1.54, 1.807) is 0 Å². The van der Waals surface area contributed by atoms with E-state index in [2.05, 4.69) is 0 Å². The second kappa shape index (κ2) is 6.41. The topological polar surface area (TPSA) is 78.3 Å². The lowest BCUT2D eigenvalue weighted by molar-refractivity contribution is -0.160. The van der Waals surface area contributed by atoms with Gasteiger partial charge >= 0.3 is 5.97 Å². The Hall–Kier alpha value is -1.99. The fourth-order valence-electron chi connectivity index (χ4n) is 1.80. The molecule has 4 N–H and O–H groups in total. The van der Waals surface area contributed by atoms with Crippen molar-refractivity contribution in [2.45, 2.75) is 44.9 Å². The van der Waals surface area contributed by atoms with Gasteiger partial charge in [0.2, 0.25) is 0 Å². The largest absolute Gasteiger partial charge is 0.459 e. The lowest BCUT2D eigenvalue weighted by Crippen LogP contribution is -2.35. The van der Waals surface area contributed by atoms with Crippen LogP contribution in [0.25, 0.3) is 0 Å². The van der Waals surface area contributed by atoms with E-state index in [4.69, 9.17) is 16.2 Å². The van der Waals surface area contributed by atoms with Gasteiger partial charge in [0.1, 0.15) is 11.5 Å². The summed E-state index contributed by atoms with van der Waals surface area (Å²) >= 11 is 0. The predicted octanol–water partition coefficient (Wildman–Crippen LogP) is 3.02. The Bertz CT molecular complexity index is 559. The monoisotopic (exact) mass is 322 g/mol. The standard InChI is InChI=1S/C14H18F4N2O2/c1-14(2,3)22-13(21)8(10(16)12(17)18)6-4-5-7(19)11(20)9(6)15/h4-5,8,10,12H,19-20H2,1-3H3. The van der Waals surface area contributed by atoms with Gasteiger partial charge in [0.15, 0.2) is 12.0 Å². The Labute approximate surface area is 125 Å². The molecule has 0 bridgehead atoms. The number of hydrogen-bond acceptors (Lipinski definition) is 4. The number of nitrogen functional groups attached to an aromatic ring is 2. The summed E-state index contributed by atoms with van der Waals surface area (Å²) in [7, 11) is 0. The molecule has 1 rings (SSSR count). The van der Waals surface area contributed by atoms with Gasteiger partial charge in [0.05, 0.1) is 11.4 Å². The molecule has 124 valence electrons. The summed E-state index contributed by atoms with van der Waals surface area (Å²) in [5.41, 5.74) is 8.40. The zero-order valence-electron chi connectivity index (χ0n) is 12.4. The molecule has 0 radical (unpaired) electrons. The molecule has 0 saturated heterocycles. The van der Waals surface area contributed by atoms with Gasteiger partial charge in [-0.05, 0) is 26.8 Å². The minimum atomic E-state index is -3.49. The molecule has 0 fully saturated rings. The molecule has 1 aromatic carbocycles. The average molecular weight is 322 g/mol. The second-order valence-corrected chi connectivity index (χ2v) is 5.76. The number of halogens is 4. The lowest BCUT2D eigenvalue weighted by atomic mass is 9.92. The van der Waals surface area contributed by atoms with Crippen molar-refractivity contribution in [2.75, 3.05) is 11.5 Å². The first-order valence-electron chi connectivity index (χ1n) is 6.44. The lowest BCUT2D eigenvalue weighted by Gasteiger charge is -2.26. The number of carbonyl (C=O) groups excluding carboxylic acids is 1. The number of anilines is 2. The highest BCUT2D eigenvalue weighted by molar-refractivity contribution is 5.81. The average Bonchev–Trinajstić information content (AvgIpc) is 2.36. The number of hydrogen-bond donors (Lipinski definition) is 2. The van der Waals surface area contributed by atoms with Crippen LogP contribution in [-0.4, -0.2) is 24.2 Å². The minimum Gasteiger partial charge on any atom is -0.459 e. The normalized spacial score (nSPS) is 14.7. The third-order valence-electron chi connectivity index (χ3n) is 2.80. The fourth-order valence-corrected chi connectivity index (χ4v) is 1.80. The van der Waals surface area contributed by atoms with Crippen molar-refractivity contribution < 1.29 is 27.1 Å². The molecule has 8 heteroatoms. The Morgan fingerprint density at radius 1 is 1.18 bits per heavy atom. The number of carbonyl (C=O) groups is 1. The summed E-state index contributed by atoms with van der Waals surface area (Å²) in [5.74, 6) is -4.65. The maximum absolute atomic E-state index is 14.1. The number of benzene rings is 1. The Kier molecular flexibility index (Phi) is 5.26. The van der Waals surface area contributed by atoms with Crippen LogP contribution in [0.3, 0.4) is 0 Å². The zero-order valence-corrected chi connectivity index (χ0v) is 12.4. The Morgan fingerprint density at radius 3 is 2.18 bits per heavy atom. The van der Waals surface area contributed by atoms with Gasteiger partial charge in [-0.3, -0.25) is 4.79 Å². The molecule has 1 aromatic rings. The van der Waals surface area contributed by atoms with Crippen molar-refractivity contribution in [1.29, 1.82) is 0 Å². The molecular weight excluding hydrogens is 304 g/mol. The van der Waals surface area contributed by atoms with E-state index in [1.165, 1.54) is 20.8 Å². The quantitative estimate of drug-likeness (QED) is 0.507. The fraction of sp³-hybridized carbons (Fsp3) is 0.500. The number of esters is 1. The van der Waals surface area contributed by atoms with Crippen LogP contribution in [0.4, 0.5) is 28.9 Å². The molecule has 0 amide bonds. The molecule has 0 spiro atoms. The molecule has 22 heavy (non-hydrogen) atoms. The van der Waals surface area contributed by atoms with Crippen LogP contribution < -0.4 is 11.5 Å². The van der Waals surface area contributed by atoms with E-state index in [0.717, 1.165) is 12.1 Å². The van der Waals surface area contributed by atoms with Crippen LogP contribution in [0.15, 0.2) is 12.1 Å². The number of alkyl halides is 3. The molecule has 0 heterocycles. The zero-order chi connectivity index (χ0) is 17.2.